The quantitative estimate of drug-likeness (QED) is 0.293. The summed E-state index contributed by atoms with van der Waals surface area (Å²) in [6, 6.07) is 11.9. The van der Waals surface area contributed by atoms with Gasteiger partial charge >= 0.3 is 0 Å². The summed E-state index contributed by atoms with van der Waals surface area (Å²) in [6.45, 7) is 4.69. The van der Waals surface area contributed by atoms with E-state index in [4.69, 9.17) is 17.0 Å². The van der Waals surface area contributed by atoms with Gasteiger partial charge in [-0.3, -0.25) is 9.69 Å². The Hall–Kier alpha value is -2.42. The van der Waals surface area contributed by atoms with Crippen LogP contribution in [0.5, 0.6) is 5.75 Å². The third-order valence-corrected chi connectivity index (χ3v) is 6.42. The van der Waals surface area contributed by atoms with Crippen molar-refractivity contribution >= 4 is 40.3 Å². The Kier molecular flexibility index (Phi) is 11.2. The molecule has 1 fully saturated rings. The second kappa shape index (κ2) is 14.7. The highest BCUT2D eigenvalue weighted by molar-refractivity contribution is 7.80. The van der Waals surface area contributed by atoms with E-state index in [2.05, 4.69) is 32.3 Å². The van der Waals surface area contributed by atoms with Crippen LogP contribution in [0.1, 0.15) is 43.4 Å². The van der Waals surface area contributed by atoms with Gasteiger partial charge in [0.25, 0.3) is 0 Å². The van der Waals surface area contributed by atoms with Crippen molar-refractivity contribution in [2.75, 3.05) is 31.6 Å². The lowest BCUT2D eigenvalue weighted by Gasteiger charge is -2.25. The topological polar surface area (TPSA) is 65.6 Å². The van der Waals surface area contributed by atoms with Crippen LogP contribution < -0.4 is 20.7 Å². The summed E-state index contributed by atoms with van der Waals surface area (Å²) in [6.07, 6.45) is 9.52. The van der Waals surface area contributed by atoms with Crippen LogP contribution in [0.15, 0.2) is 54.1 Å². The Bertz CT molecular complexity index is 880. The van der Waals surface area contributed by atoms with Crippen LogP contribution in [0.2, 0.25) is 0 Å². The van der Waals surface area contributed by atoms with Crippen molar-refractivity contribution in [2.24, 2.45) is 0 Å². The van der Waals surface area contributed by atoms with Crippen molar-refractivity contribution in [3.8, 4) is 5.75 Å². The first-order chi connectivity index (χ1) is 16.2. The second-order valence-corrected chi connectivity index (χ2v) is 9.45. The van der Waals surface area contributed by atoms with Gasteiger partial charge in [0.15, 0.2) is 5.11 Å². The van der Waals surface area contributed by atoms with Gasteiger partial charge in [-0.25, -0.2) is 0 Å². The van der Waals surface area contributed by atoms with Gasteiger partial charge in [0.1, 0.15) is 5.75 Å². The number of likely N-dealkylation sites (tertiary alicyclic amines) is 1. The third-order valence-electron chi connectivity index (χ3n) is 5.27. The smallest absolute Gasteiger partial charge is 0.223 e. The van der Waals surface area contributed by atoms with E-state index in [0.717, 1.165) is 24.4 Å². The fraction of sp³-hybridized carbons (Fsp3) is 0.440. The van der Waals surface area contributed by atoms with Crippen LogP contribution in [-0.2, 0) is 11.3 Å². The standard InChI is InChI=1S/C25H34N4O2S2/c30-24(12-9-14-27-25(32)28-21-10-3-1-4-11-21)26-13-5-8-17-31-22-18-23(33-20-22)19-29-15-6-2-7-16-29/h1,3-5,10-11,13,18,20H,2,6-9,12,14-17,19H2,(H,26,30)(H2,27,28,32)/b13-5-. The number of carbonyl (C=O) groups excluding carboxylic acids is 1. The molecule has 1 amide bonds. The number of benzene rings is 1. The Morgan fingerprint density at radius 3 is 2.82 bits per heavy atom. The summed E-state index contributed by atoms with van der Waals surface area (Å²) >= 11 is 7.02. The zero-order valence-electron chi connectivity index (χ0n) is 19.1. The van der Waals surface area contributed by atoms with Crippen LogP contribution in [0.3, 0.4) is 0 Å². The average molecular weight is 487 g/mol. The Balaban J connectivity index is 1.19. The van der Waals surface area contributed by atoms with Crippen molar-refractivity contribution < 1.29 is 9.53 Å². The molecule has 0 atom stereocenters. The molecule has 3 N–H and O–H groups in total. The lowest BCUT2D eigenvalue weighted by atomic mass is 10.1. The van der Waals surface area contributed by atoms with E-state index in [1.54, 1.807) is 17.5 Å². The second-order valence-electron chi connectivity index (χ2n) is 8.04. The van der Waals surface area contributed by atoms with Gasteiger partial charge in [-0.15, -0.1) is 11.3 Å². The number of anilines is 1. The Morgan fingerprint density at radius 1 is 1.18 bits per heavy atom. The minimum Gasteiger partial charge on any atom is -0.492 e. The predicted octanol–water partition coefficient (Wildman–Crippen LogP) is 4.90. The lowest BCUT2D eigenvalue weighted by molar-refractivity contribution is -0.120. The van der Waals surface area contributed by atoms with E-state index in [1.807, 2.05) is 36.4 Å². The highest BCUT2D eigenvalue weighted by Crippen LogP contribution is 2.24. The molecule has 33 heavy (non-hydrogen) atoms. The van der Waals surface area contributed by atoms with Crippen molar-refractivity contribution in [1.29, 1.82) is 0 Å². The number of thiophene rings is 1. The molecule has 0 radical (unpaired) electrons. The number of hydrogen-bond donors (Lipinski definition) is 3. The molecule has 0 aliphatic carbocycles. The first kappa shape index (κ1) is 25.2. The number of nitrogens with one attached hydrogen (secondary N) is 3. The fourth-order valence-electron chi connectivity index (χ4n) is 3.56. The van der Waals surface area contributed by atoms with Crippen LogP contribution in [0, 0.1) is 0 Å². The molecule has 0 spiro atoms. The number of ether oxygens (including phenoxy) is 1. The summed E-state index contributed by atoms with van der Waals surface area (Å²) in [4.78, 5) is 15.8. The molecule has 1 aromatic carbocycles. The summed E-state index contributed by atoms with van der Waals surface area (Å²) in [5.74, 6) is 0.938. The van der Waals surface area contributed by atoms with Gasteiger partial charge in [0, 0.05) is 41.9 Å². The highest BCUT2D eigenvalue weighted by atomic mass is 32.1. The molecule has 178 valence electrons. The molecule has 1 aliphatic heterocycles. The zero-order chi connectivity index (χ0) is 23.1. The maximum Gasteiger partial charge on any atom is 0.223 e. The van der Waals surface area contributed by atoms with E-state index < -0.39 is 0 Å². The van der Waals surface area contributed by atoms with Crippen molar-refractivity contribution in [3.05, 3.63) is 58.9 Å². The first-order valence-electron chi connectivity index (χ1n) is 11.7. The van der Waals surface area contributed by atoms with Gasteiger partial charge < -0.3 is 20.7 Å². The van der Waals surface area contributed by atoms with E-state index in [9.17, 15) is 4.79 Å². The molecule has 1 saturated heterocycles. The van der Waals surface area contributed by atoms with E-state index in [-0.39, 0.29) is 5.91 Å². The summed E-state index contributed by atoms with van der Waals surface area (Å²) in [5.41, 5.74) is 0.943. The Labute approximate surface area is 206 Å². The number of hydrogen-bond acceptors (Lipinski definition) is 5. The normalized spacial score (nSPS) is 14.2. The van der Waals surface area contributed by atoms with Crippen LogP contribution in [0.4, 0.5) is 5.69 Å². The first-order valence-corrected chi connectivity index (χ1v) is 12.9. The molecule has 3 rings (SSSR count). The number of piperidine rings is 1. The Morgan fingerprint density at radius 2 is 2.00 bits per heavy atom. The van der Waals surface area contributed by atoms with Crippen molar-refractivity contribution in [3.63, 3.8) is 0 Å². The van der Waals surface area contributed by atoms with Gasteiger partial charge in [-0.05, 0) is 69.0 Å². The van der Waals surface area contributed by atoms with E-state index in [1.165, 1.54) is 37.2 Å². The van der Waals surface area contributed by atoms with E-state index >= 15 is 0 Å². The molecule has 6 nitrogen and oxygen atoms in total. The molecule has 0 bridgehead atoms. The lowest BCUT2D eigenvalue weighted by Crippen LogP contribution is -2.30. The number of amides is 1. The predicted molar refractivity (Wildman–Crippen MR) is 141 cm³/mol. The fourth-order valence-corrected chi connectivity index (χ4v) is 4.62. The van der Waals surface area contributed by atoms with Gasteiger partial charge in [0.05, 0.1) is 6.61 Å². The number of rotatable bonds is 12. The van der Waals surface area contributed by atoms with Crippen LogP contribution in [-0.4, -0.2) is 42.2 Å². The average Bonchev–Trinajstić information content (AvgIpc) is 3.27. The van der Waals surface area contributed by atoms with Gasteiger partial charge in [-0.2, -0.15) is 0 Å². The number of nitrogens with zero attached hydrogens (tertiary/aromatic N) is 1. The van der Waals surface area contributed by atoms with Crippen LogP contribution >= 0.6 is 23.6 Å². The van der Waals surface area contributed by atoms with Crippen molar-refractivity contribution in [1.82, 2.24) is 15.5 Å². The van der Waals surface area contributed by atoms with Crippen LogP contribution in [0.25, 0.3) is 0 Å². The molecule has 1 aliphatic rings. The SMILES string of the molecule is O=C(CCCNC(=S)Nc1ccccc1)N/C=C\CCOc1csc(CN2CCCCC2)c1. The largest absolute Gasteiger partial charge is 0.492 e. The van der Waals surface area contributed by atoms with Gasteiger partial charge in [0.2, 0.25) is 5.91 Å². The molecule has 2 heterocycles. The maximum atomic E-state index is 11.9. The molecule has 8 heteroatoms. The maximum absolute atomic E-state index is 11.9. The molecule has 1 aromatic heterocycles. The number of carbonyl (C=O) groups is 1. The van der Waals surface area contributed by atoms with Crippen molar-refractivity contribution in [2.45, 2.75) is 45.1 Å². The molecule has 2 aromatic rings. The molecule has 0 saturated carbocycles. The number of thiocarbonyl (C=S) groups is 1. The molecular weight excluding hydrogens is 452 g/mol. The van der Waals surface area contributed by atoms with Gasteiger partial charge in [-0.1, -0.05) is 30.7 Å². The zero-order valence-corrected chi connectivity index (χ0v) is 20.7. The summed E-state index contributed by atoms with van der Waals surface area (Å²) in [7, 11) is 0. The molecule has 0 unspecified atom stereocenters. The number of para-hydroxylation sites is 1. The molecular formula is C25H34N4O2S2. The minimum atomic E-state index is -0.00362. The minimum absolute atomic E-state index is 0.00362. The monoisotopic (exact) mass is 486 g/mol. The summed E-state index contributed by atoms with van der Waals surface area (Å²) in [5, 5.41) is 11.7. The highest BCUT2D eigenvalue weighted by Gasteiger charge is 2.11. The third kappa shape index (κ3) is 10.4. The van der Waals surface area contributed by atoms with E-state index in [0.29, 0.717) is 31.1 Å². The summed E-state index contributed by atoms with van der Waals surface area (Å²) < 4.78 is 5.83.